The van der Waals surface area contributed by atoms with E-state index in [-0.39, 0.29) is 0 Å². The second kappa shape index (κ2) is 3.08. The van der Waals surface area contributed by atoms with Crippen molar-refractivity contribution in [1.82, 2.24) is 0 Å². The SMILES string of the molecule is c1ccc2c([C]3OCO3)cccc2c1. The Morgan fingerprint density at radius 1 is 0.857 bits per heavy atom. The highest BCUT2D eigenvalue weighted by molar-refractivity contribution is 5.86. The van der Waals surface area contributed by atoms with Crippen molar-refractivity contribution in [3.63, 3.8) is 0 Å². The lowest BCUT2D eigenvalue weighted by Gasteiger charge is -2.25. The molecule has 0 aromatic heterocycles. The van der Waals surface area contributed by atoms with Crippen LogP contribution in [0.2, 0.25) is 0 Å². The minimum Gasteiger partial charge on any atom is -0.314 e. The first-order chi connectivity index (χ1) is 6.95. The third kappa shape index (κ3) is 1.12. The van der Waals surface area contributed by atoms with Gasteiger partial charge in [0.05, 0.1) is 0 Å². The minimum atomic E-state index is 0.374. The van der Waals surface area contributed by atoms with Crippen LogP contribution in [0.5, 0.6) is 0 Å². The zero-order chi connectivity index (χ0) is 9.38. The lowest BCUT2D eigenvalue weighted by atomic mass is 10.0. The summed E-state index contributed by atoms with van der Waals surface area (Å²) in [7, 11) is 0. The van der Waals surface area contributed by atoms with E-state index < -0.39 is 0 Å². The summed E-state index contributed by atoms with van der Waals surface area (Å²) < 4.78 is 10.4. The highest BCUT2D eigenvalue weighted by Crippen LogP contribution is 2.30. The third-order valence-corrected chi connectivity index (χ3v) is 2.39. The predicted molar refractivity (Wildman–Crippen MR) is 53.3 cm³/mol. The minimum absolute atomic E-state index is 0.374. The predicted octanol–water partition coefficient (Wildman–Crippen LogP) is 2.68. The summed E-state index contributed by atoms with van der Waals surface area (Å²) in [5.41, 5.74) is 1.04. The van der Waals surface area contributed by atoms with Crippen LogP contribution in [0.4, 0.5) is 0 Å². The van der Waals surface area contributed by atoms with Crippen LogP contribution in [0.15, 0.2) is 42.5 Å². The number of benzene rings is 2. The van der Waals surface area contributed by atoms with Crippen molar-refractivity contribution in [2.45, 2.75) is 0 Å². The maximum Gasteiger partial charge on any atom is 0.260 e. The Bertz CT molecular complexity index is 455. The van der Waals surface area contributed by atoms with E-state index >= 15 is 0 Å². The number of hydrogen-bond donors (Lipinski definition) is 0. The second-order valence-electron chi connectivity index (χ2n) is 3.22. The van der Waals surface area contributed by atoms with Gasteiger partial charge in [0.25, 0.3) is 6.29 Å². The molecule has 0 bridgehead atoms. The molecule has 1 saturated heterocycles. The molecule has 2 aromatic carbocycles. The molecular formula is C12H9O2. The van der Waals surface area contributed by atoms with Gasteiger partial charge in [0.2, 0.25) is 0 Å². The normalized spacial score (nSPS) is 16.9. The first-order valence-electron chi connectivity index (χ1n) is 4.56. The standard InChI is InChI=1S/C12H9O2/c1-2-6-10-9(4-1)5-3-7-11(10)12-13-8-14-12/h1-7H,8H2. The average Bonchev–Trinajstić information content (AvgIpc) is 2.16. The van der Waals surface area contributed by atoms with E-state index in [0.29, 0.717) is 13.1 Å². The van der Waals surface area contributed by atoms with E-state index in [1.165, 1.54) is 10.8 Å². The molecule has 0 unspecified atom stereocenters. The molecule has 1 aliphatic heterocycles. The van der Waals surface area contributed by atoms with Gasteiger partial charge in [-0.2, -0.15) is 0 Å². The summed E-state index contributed by atoms with van der Waals surface area (Å²) in [5.74, 6) is 0. The fourth-order valence-corrected chi connectivity index (χ4v) is 1.68. The maximum atomic E-state index is 5.22. The molecule has 0 amide bonds. The Kier molecular flexibility index (Phi) is 1.76. The quantitative estimate of drug-likeness (QED) is 0.680. The van der Waals surface area contributed by atoms with Gasteiger partial charge in [-0.25, -0.2) is 0 Å². The van der Waals surface area contributed by atoms with Gasteiger partial charge in [-0.1, -0.05) is 42.5 Å². The number of rotatable bonds is 1. The molecule has 2 nitrogen and oxygen atoms in total. The van der Waals surface area contributed by atoms with Gasteiger partial charge < -0.3 is 9.47 Å². The summed E-state index contributed by atoms with van der Waals surface area (Å²) in [6.07, 6.45) is 0.641. The maximum absolute atomic E-state index is 5.22. The number of fused-ring (bicyclic) bond motifs is 1. The molecule has 14 heavy (non-hydrogen) atoms. The van der Waals surface area contributed by atoms with Crippen LogP contribution in [0.25, 0.3) is 10.8 Å². The molecule has 3 rings (SSSR count). The van der Waals surface area contributed by atoms with Crippen molar-refractivity contribution in [3.05, 3.63) is 54.3 Å². The molecule has 0 N–H and O–H groups in total. The van der Waals surface area contributed by atoms with E-state index in [1.807, 2.05) is 24.3 Å². The molecule has 2 heteroatoms. The smallest absolute Gasteiger partial charge is 0.260 e. The highest BCUT2D eigenvalue weighted by atomic mass is 16.8. The zero-order valence-corrected chi connectivity index (χ0v) is 7.57. The topological polar surface area (TPSA) is 18.5 Å². The zero-order valence-electron chi connectivity index (χ0n) is 7.57. The molecule has 0 aliphatic carbocycles. The van der Waals surface area contributed by atoms with Gasteiger partial charge in [-0.05, 0) is 10.8 Å². The van der Waals surface area contributed by atoms with Crippen LogP contribution in [0.1, 0.15) is 5.56 Å². The van der Waals surface area contributed by atoms with Gasteiger partial charge in [-0.15, -0.1) is 0 Å². The lowest BCUT2D eigenvalue weighted by molar-refractivity contribution is -0.218. The molecule has 69 valence electrons. The van der Waals surface area contributed by atoms with Gasteiger partial charge in [0, 0.05) is 5.56 Å². The van der Waals surface area contributed by atoms with Gasteiger partial charge in [-0.3, -0.25) is 0 Å². The fraction of sp³-hybridized carbons (Fsp3) is 0.0833. The Balaban J connectivity index is 2.22. The number of hydrogen-bond acceptors (Lipinski definition) is 2. The first kappa shape index (κ1) is 7.97. The molecule has 1 heterocycles. The summed E-state index contributed by atoms with van der Waals surface area (Å²) in [6.45, 7) is 0.374. The summed E-state index contributed by atoms with van der Waals surface area (Å²) in [6, 6.07) is 14.3. The van der Waals surface area contributed by atoms with Crippen LogP contribution >= 0.6 is 0 Å². The third-order valence-electron chi connectivity index (χ3n) is 2.39. The van der Waals surface area contributed by atoms with Crippen LogP contribution in [0, 0.1) is 6.29 Å². The second-order valence-corrected chi connectivity index (χ2v) is 3.22. The van der Waals surface area contributed by atoms with Crippen molar-refractivity contribution in [1.29, 1.82) is 0 Å². The Morgan fingerprint density at radius 3 is 2.43 bits per heavy atom. The van der Waals surface area contributed by atoms with Gasteiger partial charge in [0.1, 0.15) is 0 Å². The summed E-state index contributed by atoms with van der Waals surface area (Å²) in [4.78, 5) is 0. The van der Waals surface area contributed by atoms with E-state index in [2.05, 4.69) is 18.2 Å². The van der Waals surface area contributed by atoms with Crippen LogP contribution in [-0.4, -0.2) is 6.79 Å². The van der Waals surface area contributed by atoms with Crippen molar-refractivity contribution in [2.24, 2.45) is 0 Å². The Hall–Kier alpha value is -1.38. The van der Waals surface area contributed by atoms with E-state index in [1.54, 1.807) is 0 Å². The van der Waals surface area contributed by atoms with Crippen molar-refractivity contribution in [2.75, 3.05) is 6.79 Å². The molecule has 1 aliphatic rings. The van der Waals surface area contributed by atoms with Gasteiger partial charge in [0.15, 0.2) is 6.79 Å². The van der Waals surface area contributed by atoms with Crippen LogP contribution in [0.3, 0.4) is 0 Å². The van der Waals surface area contributed by atoms with Crippen molar-refractivity contribution < 1.29 is 9.47 Å². The van der Waals surface area contributed by atoms with E-state index in [0.717, 1.165) is 5.56 Å². The first-order valence-corrected chi connectivity index (χ1v) is 4.56. The molecule has 0 spiro atoms. The van der Waals surface area contributed by atoms with Crippen molar-refractivity contribution in [3.8, 4) is 0 Å². The lowest BCUT2D eigenvalue weighted by Crippen LogP contribution is -2.23. The Labute approximate surface area is 82.1 Å². The monoisotopic (exact) mass is 185 g/mol. The molecule has 0 atom stereocenters. The van der Waals surface area contributed by atoms with Gasteiger partial charge >= 0.3 is 0 Å². The van der Waals surface area contributed by atoms with Crippen LogP contribution in [-0.2, 0) is 9.47 Å². The molecule has 1 radical (unpaired) electrons. The summed E-state index contributed by atoms with van der Waals surface area (Å²) >= 11 is 0. The van der Waals surface area contributed by atoms with Crippen LogP contribution < -0.4 is 0 Å². The highest BCUT2D eigenvalue weighted by Gasteiger charge is 2.24. The van der Waals surface area contributed by atoms with E-state index in [4.69, 9.17) is 9.47 Å². The van der Waals surface area contributed by atoms with Crippen molar-refractivity contribution >= 4 is 10.8 Å². The largest absolute Gasteiger partial charge is 0.314 e. The number of ether oxygens (including phenoxy) is 2. The average molecular weight is 185 g/mol. The Morgan fingerprint density at radius 2 is 1.64 bits per heavy atom. The fourth-order valence-electron chi connectivity index (χ4n) is 1.68. The molecular weight excluding hydrogens is 176 g/mol. The molecule has 0 saturated carbocycles. The molecule has 1 fully saturated rings. The molecule has 2 aromatic rings. The summed E-state index contributed by atoms with van der Waals surface area (Å²) in [5, 5.41) is 2.38. The van der Waals surface area contributed by atoms with E-state index in [9.17, 15) is 0 Å².